The van der Waals surface area contributed by atoms with E-state index in [0.29, 0.717) is 25.9 Å². The number of halogens is 2. The summed E-state index contributed by atoms with van der Waals surface area (Å²) in [5, 5.41) is 2.80. The van der Waals surface area contributed by atoms with E-state index < -0.39 is 5.82 Å². The fourth-order valence-electron chi connectivity index (χ4n) is 2.22. The van der Waals surface area contributed by atoms with Crippen LogP contribution in [-0.2, 0) is 0 Å². The quantitative estimate of drug-likeness (QED) is 0.453. The minimum Gasteiger partial charge on any atom is -0.387 e. The summed E-state index contributed by atoms with van der Waals surface area (Å²) in [6.45, 7) is 2.59. The summed E-state index contributed by atoms with van der Waals surface area (Å²) in [7, 11) is 0. The number of hydrogen-bond donors (Lipinski definition) is 2. The molecule has 0 spiro atoms. The van der Waals surface area contributed by atoms with Crippen molar-refractivity contribution in [1.82, 2.24) is 15.2 Å². The molecule has 1 fully saturated rings. The van der Waals surface area contributed by atoms with Crippen molar-refractivity contribution >= 4 is 46.9 Å². The average molecular weight is 370 g/mol. The molecule has 24 heavy (non-hydrogen) atoms. The van der Waals surface area contributed by atoms with Crippen molar-refractivity contribution in [2.75, 3.05) is 13.1 Å². The molecule has 0 atom stereocenters. The Bertz CT molecular complexity index is 708. The molecule has 1 aromatic heterocycles. The largest absolute Gasteiger partial charge is 0.387 e. The van der Waals surface area contributed by atoms with Crippen molar-refractivity contribution in [3.63, 3.8) is 0 Å². The van der Waals surface area contributed by atoms with Crippen molar-refractivity contribution < 1.29 is 9.18 Å². The maximum absolute atomic E-state index is 13.8. The summed E-state index contributed by atoms with van der Waals surface area (Å²) in [6.07, 6.45) is 4.36. The van der Waals surface area contributed by atoms with E-state index >= 15 is 0 Å². The molecule has 9 heteroatoms. The molecule has 0 unspecified atom stereocenters. The molecule has 1 aromatic rings. The van der Waals surface area contributed by atoms with Crippen molar-refractivity contribution in [3.8, 4) is 0 Å². The Morgan fingerprint density at radius 2 is 2.21 bits per heavy atom. The number of thiocarbonyl (C=S) groups is 1. The first-order chi connectivity index (χ1) is 11.3. The van der Waals surface area contributed by atoms with Crippen LogP contribution in [-0.4, -0.2) is 40.0 Å². The van der Waals surface area contributed by atoms with Gasteiger partial charge in [0.2, 0.25) is 5.11 Å². The van der Waals surface area contributed by atoms with Crippen LogP contribution in [0.25, 0.3) is 6.08 Å². The van der Waals surface area contributed by atoms with Gasteiger partial charge in [-0.05, 0) is 44.1 Å². The van der Waals surface area contributed by atoms with Crippen molar-refractivity contribution in [1.29, 1.82) is 0 Å². The smallest absolute Gasteiger partial charge is 0.323 e. The van der Waals surface area contributed by atoms with Gasteiger partial charge in [-0.15, -0.1) is 0 Å². The third-order valence-corrected chi connectivity index (χ3v) is 3.76. The Morgan fingerprint density at radius 1 is 1.54 bits per heavy atom. The molecular formula is C15H17ClFN5OS. The van der Waals surface area contributed by atoms with E-state index in [9.17, 15) is 9.18 Å². The second kappa shape index (κ2) is 8.16. The van der Waals surface area contributed by atoms with Gasteiger partial charge in [-0.2, -0.15) is 0 Å². The lowest BCUT2D eigenvalue weighted by molar-refractivity contribution is 0.199. The van der Waals surface area contributed by atoms with Crippen LogP contribution in [0.5, 0.6) is 0 Å². The van der Waals surface area contributed by atoms with E-state index in [1.54, 1.807) is 17.9 Å². The van der Waals surface area contributed by atoms with E-state index in [1.807, 2.05) is 0 Å². The predicted molar refractivity (Wildman–Crippen MR) is 96.4 cm³/mol. The van der Waals surface area contributed by atoms with Crippen molar-refractivity contribution in [2.45, 2.75) is 19.8 Å². The second-order valence-electron chi connectivity index (χ2n) is 5.30. The number of aliphatic imine (C=N–C) groups is 1. The first-order valence-corrected chi connectivity index (χ1v) is 8.05. The van der Waals surface area contributed by atoms with Gasteiger partial charge in [-0.1, -0.05) is 17.2 Å². The Balaban J connectivity index is 1.93. The fraction of sp³-hybridized carbons (Fsp3) is 0.333. The van der Waals surface area contributed by atoms with Crippen LogP contribution < -0.4 is 11.1 Å². The number of piperidine rings is 1. The van der Waals surface area contributed by atoms with Crippen molar-refractivity contribution in [3.05, 3.63) is 34.4 Å². The summed E-state index contributed by atoms with van der Waals surface area (Å²) in [5.74, 6) is -0.183. The van der Waals surface area contributed by atoms with Crippen LogP contribution in [0.4, 0.5) is 9.18 Å². The minimum absolute atomic E-state index is 0.0359. The van der Waals surface area contributed by atoms with E-state index in [1.165, 1.54) is 12.3 Å². The number of nitrogens with one attached hydrogen (secondary N) is 1. The number of pyridine rings is 1. The number of amidine groups is 1. The second-order valence-corrected chi connectivity index (χ2v) is 6.12. The lowest BCUT2D eigenvalue weighted by atomic mass is 10.0. The zero-order chi connectivity index (χ0) is 17.7. The van der Waals surface area contributed by atoms with Gasteiger partial charge in [0, 0.05) is 19.3 Å². The van der Waals surface area contributed by atoms with Gasteiger partial charge in [0.1, 0.15) is 5.82 Å². The zero-order valence-electron chi connectivity index (χ0n) is 13.1. The molecule has 2 heterocycles. The molecule has 1 aliphatic rings. The van der Waals surface area contributed by atoms with Crippen LogP contribution in [0, 0.1) is 5.82 Å². The van der Waals surface area contributed by atoms with Gasteiger partial charge < -0.3 is 10.6 Å². The van der Waals surface area contributed by atoms with E-state index in [0.717, 1.165) is 5.57 Å². The molecule has 2 rings (SSSR count). The third-order valence-electron chi connectivity index (χ3n) is 3.36. The monoisotopic (exact) mass is 369 g/mol. The molecule has 2 amide bonds. The lowest BCUT2D eigenvalue weighted by Gasteiger charge is -2.28. The van der Waals surface area contributed by atoms with Gasteiger partial charge in [0.05, 0.1) is 16.6 Å². The third kappa shape index (κ3) is 5.24. The number of nitrogens with zero attached hydrogens (tertiary/aromatic N) is 3. The highest BCUT2D eigenvalue weighted by Gasteiger charge is 2.20. The van der Waals surface area contributed by atoms with Crippen molar-refractivity contribution in [2.24, 2.45) is 10.7 Å². The number of rotatable bonds is 1. The van der Waals surface area contributed by atoms with E-state index in [-0.39, 0.29) is 27.7 Å². The minimum atomic E-state index is -0.462. The topological polar surface area (TPSA) is 83.6 Å². The number of nitrogens with two attached hydrogens (primary N) is 1. The van der Waals surface area contributed by atoms with Crippen LogP contribution in [0.15, 0.2) is 22.8 Å². The highest BCUT2D eigenvalue weighted by atomic mass is 35.5. The average Bonchev–Trinajstić information content (AvgIpc) is 2.50. The molecule has 3 N–H and O–H groups in total. The molecule has 0 aliphatic carbocycles. The zero-order valence-corrected chi connectivity index (χ0v) is 14.6. The standard InChI is InChI=1S/C15H17ClFN5OS/c1-9(18)20-14(24)21-15(23)22-4-2-10(3-5-22)6-13-12(17)7-11(16)8-19-13/h6-8H,2-5H2,1H3,(H3,18,20,21,23,24). The highest BCUT2D eigenvalue weighted by Crippen LogP contribution is 2.21. The number of carbonyl (C=O) groups is 1. The van der Waals surface area contributed by atoms with Crippen LogP contribution in [0.2, 0.25) is 5.02 Å². The molecule has 1 saturated heterocycles. The maximum Gasteiger partial charge on any atom is 0.323 e. The van der Waals surface area contributed by atoms with Gasteiger partial charge in [0.25, 0.3) is 0 Å². The van der Waals surface area contributed by atoms with Crippen LogP contribution in [0.3, 0.4) is 0 Å². The summed E-state index contributed by atoms with van der Waals surface area (Å²) < 4.78 is 13.8. The first kappa shape index (κ1) is 18.3. The molecule has 0 radical (unpaired) electrons. The van der Waals surface area contributed by atoms with Gasteiger partial charge in [0.15, 0.2) is 0 Å². The summed E-state index contributed by atoms with van der Waals surface area (Å²) >= 11 is 10.6. The number of likely N-dealkylation sites (tertiary alicyclic amines) is 1. The van der Waals surface area contributed by atoms with Crippen LogP contribution >= 0.6 is 23.8 Å². The molecule has 0 bridgehead atoms. The summed E-state index contributed by atoms with van der Waals surface area (Å²) in [5.41, 5.74) is 6.68. The molecule has 0 aromatic carbocycles. The van der Waals surface area contributed by atoms with E-state index in [2.05, 4.69) is 15.3 Å². The fourth-order valence-corrected chi connectivity index (χ4v) is 2.60. The van der Waals surface area contributed by atoms with E-state index in [4.69, 9.17) is 29.6 Å². The highest BCUT2D eigenvalue weighted by molar-refractivity contribution is 7.80. The summed E-state index contributed by atoms with van der Waals surface area (Å²) in [6, 6.07) is 0.907. The maximum atomic E-state index is 13.8. The Labute approximate surface area is 149 Å². The summed E-state index contributed by atoms with van der Waals surface area (Å²) in [4.78, 5) is 21.4. The van der Waals surface area contributed by atoms with Gasteiger partial charge in [-0.3, -0.25) is 10.3 Å². The molecule has 128 valence electrons. The molecule has 0 saturated carbocycles. The van der Waals surface area contributed by atoms with Gasteiger partial charge in [-0.25, -0.2) is 14.2 Å². The Morgan fingerprint density at radius 3 is 2.79 bits per heavy atom. The molecular weight excluding hydrogens is 353 g/mol. The first-order valence-electron chi connectivity index (χ1n) is 7.26. The Hall–Kier alpha value is -2.06. The SMILES string of the molecule is C/C(N)=N/C(=S)NC(=O)N1CCC(=Cc2ncc(Cl)cc2F)CC1. The number of hydrogen-bond acceptors (Lipinski definition) is 3. The number of urea groups is 1. The predicted octanol–water partition coefficient (Wildman–Crippen LogP) is 2.72. The number of amides is 2. The molecule has 6 nitrogen and oxygen atoms in total. The Kier molecular flexibility index (Phi) is 6.22. The lowest BCUT2D eigenvalue weighted by Crippen LogP contribution is -2.44. The number of aromatic nitrogens is 1. The van der Waals surface area contributed by atoms with Gasteiger partial charge >= 0.3 is 6.03 Å². The molecule has 1 aliphatic heterocycles. The number of carbonyl (C=O) groups excluding carboxylic acids is 1. The normalized spacial score (nSPS) is 15.2. The van der Waals surface area contributed by atoms with Crippen LogP contribution in [0.1, 0.15) is 25.5 Å².